The predicted molar refractivity (Wildman–Crippen MR) is 71.4 cm³/mol. The largest absolute Gasteiger partial charge is 0.402 e. The molecule has 15 heavy (non-hydrogen) atoms. The Balaban J connectivity index is 3.42. The summed E-state index contributed by atoms with van der Waals surface area (Å²) in [6.45, 7) is 4.09. The standard InChI is InChI=1S/C12H24N2S/c1-3-4-5-6-7-10-15-12(14)9-8-11(2)13/h8-9H,3-7,10,13-14H2,1-2H3/b11-8-,12-9+. The van der Waals surface area contributed by atoms with Gasteiger partial charge >= 0.3 is 0 Å². The molecule has 2 nitrogen and oxygen atoms in total. The van der Waals surface area contributed by atoms with Crippen LogP contribution in [0, 0.1) is 0 Å². The van der Waals surface area contributed by atoms with Crippen LogP contribution in [0.1, 0.15) is 46.0 Å². The summed E-state index contributed by atoms with van der Waals surface area (Å²) in [5.41, 5.74) is 12.1. The monoisotopic (exact) mass is 228 g/mol. The van der Waals surface area contributed by atoms with Gasteiger partial charge in [-0.3, -0.25) is 0 Å². The molecule has 3 heteroatoms. The number of thioether (sulfide) groups is 1. The molecular weight excluding hydrogens is 204 g/mol. The Hall–Kier alpha value is -0.570. The molecule has 0 saturated carbocycles. The van der Waals surface area contributed by atoms with Crippen molar-refractivity contribution in [3.63, 3.8) is 0 Å². The minimum atomic E-state index is 0.793. The van der Waals surface area contributed by atoms with E-state index in [4.69, 9.17) is 11.5 Å². The summed E-state index contributed by atoms with van der Waals surface area (Å²) in [7, 11) is 0. The second-order valence-corrected chi connectivity index (χ2v) is 4.91. The van der Waals surface area contributed by atoms with Crippen LogP contribution in [0.25, 0.3) is 0 Å². The van der Waals surface area contributed by atoms with Gasteiger partial charge in [0.05, 0.1) is 5.03 Å². The van der Waals surface area contributed by atoms with Crippen LogP contribution < -0.4 is 11.5 Å². The lowest BCUT2D eigenvalue weighted by Crippen LogP contribution is -1.95. The topological polar surface area (TPSA) is 52.0 Å². The molecule has 0 aliphatic heterocycles. The molecule has 0 aromatic carbocycles. The summed E-state index contributed by atoms with van der Waals surface area (Å²) < 4.78 is 0. The molecule has 0 bridgehead atoms. The Labute approximate surface area is 98.2 Å². The number of allylic oxidation sites excluding steroid dienone is 3. The van der Waals surface area contributed by atoms with Crippen molar-refractivity contribution in [3.05, 3.63) is 22.9 Å². The Morgan fingerprint density at radius 1 is 1.07 bits per heavy atom. The first-order valence-electron chi connectivity index (χ1n) is 5.69. The van der Waals surface area contributed by atoms with Gasteiger partial charge in [0.25, 0.3) is 0 Å². The smallest absolute Gasteiger partial charge is 0.0655 e. The van der Waals surface area contributed by atoms with E-state index in [1.165, 1.54) is 32.1 Å². The molecular formula is C12H24N2S. The zero-order valence-corrected chi connectivity index (χ0v) is 10.8. The SMILES string of the molecule is CCCCCCCS/C(N)=C/C=C(/C)N. The lowest BCUT2D eigenvalue weighted by Gasteiger charge is -2.01. The van der Waals surface area contributed by atoms with E-state index in [0.29, 0.717) is 0 Å². The molecule has 0 atom stereocenters. The Morgan fingerprint density at radius 3 is 2.33 bits per heavy atom. The van der Waals surface area contributed by atoms with E-state index in [1.54, 1.807) is 11.8 Å². The predicted octanol–water partition coefficient (Wildman–Crippen LogP) is 3.35. The van der Waals surface area contributed by atoms with E-state index in [0.717, 1.165) is 16.5 Å². The van der Waals surface area contributed by atoms with Gasteiger partial charge in [-0.1, -0.05) is 32.6 Å². The van der Waals surface area contributed by atoms with E-state index in [2.05, 4.69) is 6.92 Å². The molecule has 0 radical (unpaired) electrons. The molecule has 0 fully saturated rings. The molecule has 4 N–H and O–H groups in total. The van der Waals surface area contributed by atoms with Gasteiger partial charge in [0, 0.05) is 5.70 Å². The number of nitrogens with two attached hydrogens (primary N) is 2. The third kappa shape index (κ3) is 11.4. The molecule has 88 valence electrons. The van der Waals surface area contributed by atoms with Gasteiger partial charge in [0.1, 0.15) is 0 Å². The number of hydrogen-bond donors (Lipinski definition) is 2. The van der Waals surface area contributed by atoms with Crippen LogP contribution in [0.15, 0.2) is 22.9 Å². The highest BCUT2D eigenvalue weighted by Crippen LogP contribution is 2.13. The van der Waals surface area contributed by atoms with E-state index in [9.17, 15) is 0 Å². The van der Waals surface area contributed by atoms with Crippen molar-refractivity contribution < 1.29 is 0 Å². The maximum atomic E-state index is 5.79. The summed E-state index contributed by atoms with van der Waals surface area (Å²) in [5.74, 6) is 1.11. The Bertz CT molecular complexity index is 206. The molecule has 0 aromatic heterocycles. The summed E-state index contributed by atoms with van der Waals surface area (Å²) in [6, 6.07) is 0. The lowest BCUT2D eigenvalue weighted by molar-refractivity contribution is 0.659. The first kappa shape index (κ1) is 14.4. The summed E-state index contributed by atoms with van der Waals surface area (Å²) >= 11 is 1.72. The van der Waals surface area contributed by atoms with Crippen molar-refractivity contribution in [3.8, 4) is 0 Å². The van der Waals surface area contributed by atoms with Gasteiger partial charge in [-0.05, 0) is 31.2 Å². The van der Waals surface area contributed by atoms with Crippen molar-refractivity contribution in [1.29, 1.82) is 0 Å². The van der Waals surface area contributed by atoms with Crippen molar-refractivity contribution in [2.24, 2.45) is 11.5 Å². The Morgan fingerprint density at radius 2 is 1.73 bits per heavy atom. The molecule has 0 saturated heterocycles. The fourth-order valence-electron chi connectivity index (χ4n) is 1.16. The van der Waals surface area contributed by atoms with Crippen LogP contribution in [0.4, 0.5) is 0 Å². The summed E-state index contributed by atoms with van der Waals surface area (Å²) in [5, 5.41) is 0.857. The molecule has 0 spiro atoms. The fraction of sp³-hybridized carbons (Fsp3) is 0.667. The average molecular weight is 228 g/mol. The van der Waals surface area contributed by atoms with Gasteiger partial charge in [-0.2, -0.15) is 0 Å². The fourth-order valence-corrected chi connectivity index (χ4v) is 1.91. The molecule has 0 aliphatic rings. The van der Waals surface area contributed by atoms with Crippen molar-refractivity contribution >= 4 is 11.8 Å². The zero-order valence-electron chi connectivity index (χ0n) is 9.96. The molecule has 0 rings (SSSR count). The number of hydrogen-bond acceptors (Lipinski definition) is 3. The quantitative estimate of drug-likeness (QED) is 0.495. The second kappa shape index (κ2) is 9.97. The highest BCUT2D eigenvalue weighted by molar-refractivity contribution is 8.02. The van der Waals surface area contributed by atoms with Crippen LogP contribution in [-0.4, -0.2) is 5.75 Å². The first-order chi connectivity index (χ1) is 7.16. The van der Waals surface area contributed by atoms with Gasteiger partial charge in [-0.25, -0.2) is 0 Å². The Kier molecular flexibility index (Phi) is 9.59. The average Bonchev–Trinajstić information content (AvgIpc) is 2.20. The lowest BCUT2D eigenvalue weighted by atomic mass is 10.2. The maximum Gasteiger partial charge on any atom is 0.0655 e. The minimum absolute atomic E-state index is 0.793. The number of rotatable bonds is 8. The zero-order chi connectivity index (χ0) is 11.5. The molecule has 0 aromatic rings. The second-order valence-electron chi connectivity index (χ2n) is 3.74. The van der Waals surface area contributed by atoms with Crippen molar-refractivity contribution in [1.82, 2.24) is 0 Å². The molecule has 0 aliphatic carbocycles. The molecule has 0 amide bonds. The van der Waals surface area contributed by atoms with Gasteiger partial charge < -0.3 is 11.5 Å². The van der Waals surface area contributed by atoms with Crippen LogP contribution in [-0.2, 0) is 0 Å². The molecule has 0 unspecified atom stereocenters. The normalized spacial score (nSPS) is 13.2. The number of unbranched alkanes of at least 4 members (excludes halogenated alkanes) is 4. The van der Waals surface area contributed by atoms with E-state index in [1.807, 2.05) is 19.1 Å². The van der Waals surface area contributed by atoms with Gasteiger partial charge in [0.2, 0.25) is 0 Å². The van der Waals surface area contributed by atoms with E-state index in [-0.39, 0.29) is 0 Å². The molecule has 0 heterocycles. The highest BCUT2D eigenvalue weighted by Gasteiger charge is 1.92. The summed E-state index contributed by atoms with van der Waals surface area (Å²) in [6.07, 6.45) is 10.3. The summed E-state index contributed by atoms with van der Waals surface area (Å²) in [4.78, 5) is 0. The third-order valence-corrected chi connectivity index (χ3v) is 2.99. The van der Waals surface area contributed by atoms with Crippen LogP contribution >= 0.6 is 11.8 Å². The van der Waals surface area contributed by atoms with Crippen LogP contribution in [0.3, 0.4) is 0 Å². The minimum Gasteiger partial charge on any atom is -0.402 e. The van der Waals surface area contributed by atoms with Crippen LogP contribution in [0.5, 0.6) is 0 Å². The highest BCUT2D eigenvalue weighted by atomic mass is 32.2. The van der Waals surface area contributed by atoms with Crippen molar-refractivity contribution in [2.75, 3.05) is 5.75 Å². The van der Waals surface area contributed by atoms with E-state index < -0.39 is 0 Å². The maximum absolute atomic E-state index is 5.79. The van der Waals surface area contributed by atoms with E-state index >= 15 is 0 Å². The van der Waals surface area contributed by atoms with Gasteiger partial charge in [-0.15, -0.1) is 11.8 Å². The first-order valence-corrected chi connectivity index (χ1v) is 6.67. The third-order valence-electron chi connectivity index (χ3n) is 2.03. The van der Waals surface area contributed by atoms with Crippen molar-refractivity contribution in [2.45, 2.75) is 46.0 Å². The van der Waals surface area contributed by atoms with Gasteiger partial charge in [0.15, 0.2) is 0 Å². The van der Waals surface area contributed by atoms with Crippen LogP contribution in [0.2, 0.25) is 0 Å².